The first kappa shape index (κ1) is 20.1. The molecule has 150 valence electrons. The molecule has 7 heteroatoms. The number of H-pyrrole nitrogens is 1. The van der Waals surface area contributed by atoms with Crippen molar-refractivity contribution in [3.8, 4) is 0 Å². The van der Waals surface area contributed by atoms with Crippen molar-refractivity contribution >= 4 is 46.0 Å². The number of hydrogen-bond acceptors (Lipinski definition) is 3. The van der Waals surface area contributed by atoms with E-state index in [0.29, 0.717) is 38.6 Å². The highest BCUT2D eigenvalue weighted by Gasteiger charge is 2.18. The topological polar surface area (TPSA) is 83.0 Å². The van der Waals surface area contributed by atoms with Crippen molar-refractivity contribution in [2.45, 2.75) is 12.8 Å². The Morgan fingerprint density at radius 3 is 2.37 bits per heavy atom. The van der Waals surface area contributed by atoms with E-state index in [0.717, 1.165) is 16.7 Å². The third-order valence-corrected chi connectivity index (χ3v) is 5.34. The molecule has 0 fully saturated rings. The standard InChI is InChI=1S/C23H16Cl2N2O3/c24-16-5-6-17(20(25)10-16)22(30)19-12-27-23-18(19)8-15(11-26-23)7-13-1-3-14(4-2-13)9-21(28)29/h1-6,8,10-12H,7,9H2,(H,26,27)(H,28,29). The first-order chi connectivity index (χ1) is 14.4. The second-order valence-electron chi connectivity index (χ2n) is 6.96. The molecule has 2 aromatic carbocycles. The van der Waals surface area contributed by atoms with E-state index in [1.807, 2.05) is 30.3 Å². The van der Waals surface area contributed by atoms with Crippen molar-refractivity contribution < 1.29 is 14.7 Å². The van der Waals surface area contributed by atoms with E-state index in [9.17, 15) is 9.59 Å². The number of benzene rings is 2. The minimum atomic E-state index is -0.858. The number of aromatic amines is 1. The summed E-state index contributed by atoms with van der Waals surface area (Å²) < 4.78 is 0. The van der Waals surface area contributed by atoms with Gasteiger partial charge >= 0.3 is 5.97 Å². The number of fused-ring (bicyclic) bond motifs is 1. The molecule has 0 aliphatic heterocycles. The summed E-state index contributed by atoms with van der Waals surface area (Å²) >= 11 is 12.1. The van der Waals surface area contributed by atoms with E-state index in [2.05, 4.69) is 9.97 Å². The SMILES string of the molecule is O=C(O)Cc1ccc(Cc2cnc3[nH]cc(C(=O)c4ccc(Cl)cc4Cl)c3c2)cc1. The number of aliphatic carboxylic acids is 1. The van der Waals surface area contributed by atoms with Gasteiger partial charge in [-0.1, -0.05) is 47.5 Å². The Balaban J connectivity index is 1.63. The van der Waals surface area contributed by atoms with Crippen molar-refractivity contribution in [2.75, 3.05) is 0 Å². The van der Waals surface area contributed by atoms with E-state index < -0.39 is 5.97 Å². The van der Waals surface area contributed by atoms with Crippen LogP contribution in [0, 0.1) is 0 Å². The van der Waals surface area contributed by atoms with Gasteiger partial charge in [-0.25, -0.2) is 4.98 Å². The maximum atomic E-state index is 13.0. The predicted octanol–water partition coefficient (Wildman–Crippen LogP) is 5.32. The van der Waals surface area contributed by atoms with Gasteiger partial charge in [0.2, 0.25) is 0 Å². The van der Waals surface area contributed by atoms with E-state index in [-0.39, 0.29) is 12.2 Å². The van der Waals surface area contributed by atoms with Gasteiger partial charge in [-0.3, -0.25) is 9.59 Å². The molecule has 0 aliphatic rings. The Labute approximate surface area is 182 Å². The number of halogens is 2. The molecule has 0 aliphatic carbocycles. The summed E-state index contributed by atoms with van der Waals surface area (Å²) in [6.07, 6.45) is 4.00. The molecule has 0 amide bonds. The van der Waals surface area contributed by atoms with Crippen molar-refractivity contribution in [3.05, 3.63) is 98.8 Å². The van der Waals surface area contributed by atoms with Crippen LogP contribution in [0.3, 0.4) is 0 Å². The lowest BCUT2D eigenvalue weighted by atomic mass is 10.0. The van der Waals surface area contributed by atoms with Crippen LogP contribution in [0.25, 0.3) is 11.0 Å². The molecule has 0 saturated heterocycles. The number of carboxylic acids is 1. The highest BCUT2D eigenvalue weighted by Crippen LogP contribution is 2.27. The summed E-state index contributed by atoms with van der Waals surface area (Å²) in [5.74, 6) is -1.07. The first-order valence-corrected chi connectivity index (χ1v) is 9.91. The zero-order valence-corrected chi connectivity index (χ0v) is 17.2. The Kier molecular flexibility index (Phi) is 5.57. The summed E-state index contributed by atoms with van der Waals surface area (Å²) in [6.45, 7) is 0. The summed E-state index contributed by atoms with van der Waals surface area (Å²) in [5, 5.41) is 10.4. The van der Waals surface area contributed by atoms with Gasteiger partial charge in [0.15, 0.2) is 5.78 Å². The molecule has 2 N–H and O–H groups in total. The Bertz CT molecular complexity index is 1260. The molecule has 0 radical (unpaired) electrons. The van der Waals surface area contributed by atoms with E-state index in [4.69, 9.17) is 28.3 Å². The number of carbonyl (C=O) groups is 2. The molecule has 0 saturated carbocycles. The molecule has 0 atom stereocenters. The van der Waals surface area contributed by atoms with Gasteiger partial charge < -0.3 is 10.1 Å². The molecule has 30 heavy (non-hydrogen) atoms. The highest BCUT2D eigenvalue weighted by molar-refractivity contribution is 6.38. The average molecular weight is 439 g/mol. The van der Waals surface area contributed by atoms with Gasteiger partial charge in [0.05, 0.1) is 11.4 Å². The van der Waals surface area contributed by atoms with Crippen LogP contribution in [-0.4, -0.2) is 26.8 Å². The number of nitrogens with zero attached hydrogens (tertiary/aromatic N) is 1. The number of carboxylic acid groups (broad SMARTS) is 1. The summed E-state index contributed by atoms with van der Waals surface area (Å²) in [7, 11) is 0. The van der Waals surface area contributed by atoms with Gasteiger partial charge in [-0.15, -0.1) is 0 Å². The van der Waals surface area contributed by atoms with Crippen LogP contribution in [0.4, 0.5) is 0 Å². The quantitative estimate of drug-likeness (QED) is 0.399. The van der Waals surface area contributed by atoms with Crippen LogP contribution >= 0.6 is 23.2 Å². The van der Waals surface area contributed by atoms with Crippen molar-refractivity contribution in [1.29, 1.82) is 0 Å². The van der Waals surface area contributed by atoms with Crippen LogP contribution in [-0.2, 0) is 17.6 Å². The molecule has 0 unspecified atom stereocenters. The smallest absolute Gasteiger partial charge is 0.307 e. The molecule has 5 nitrogen and oxygen atoms in total. The molecular formula is C23H16Cl2N2O3. The van der Waals surface area contributed by atoms with Gasteiger partial charge in [0, 0.05) is 33.9 Å². The van der Waals surface area contributed by atoms with Gasteiger partial charge in [0.1, 0.15) is 5.65 Å². The second-order valence-corrected chi connectivity index (χ2v) is 7.80. The zero-order valence-electron chi connectivity index (χ0n) is 15.7. The van der Waals surface area contributed by atoms with Gasteiger partial charge in [-0.05, 0) is 47.4 Å². The number of ketones is 1. The zero-order chi connectivity index (χ0) is 21.3. The number of carbonyl (C=O) groups excluding carboxylic acids is 1. The molecule has 0 bridgehead atoms. The largest absolute Gasteiger partial charge is 0.481 e. The lowest BCUT2D eigenvalue weighted by Crippen LogP contribution is -2.02. The number of pyridine rings is 1. The molecular weight excluding hydrogens is 423 g/mol. The van der Waals surface area contributed by atoms with Crippen LogP contribution in [0.5, 0.6) is 0 Å². The fraction of sp³-hybridized carbons (Fsp3) is 0.0870. The van der Waals surface area contributed by atoms with Gasteiger partial charge in [-0.2, -0.15) is 0 Å². The average Bonchev–Trinajstić information content (AvgIpc) is 3.12. The number of nitrogens with one attached hydrogen (secondary N) is 1. The van der Waals surface area contributed by atoms with E-state index >= 15 is 0 Å². The number of hydrogen-bond donors (Lipinski definition) is 2. The Morgan fingerprint density at radius 2 is 1.67 bits per heavy atom. The van der Waals surface area contributed by atoms with Crippen LogP contribution in [0.15, 0.2) is 60.9 Å². The molecule has 0 spiro atoms. The fourth-order valence-corrected chi connectivity index (χ4v) is 3.83. The Morgan fingerprint density at radius 1 is 0.933 bits per heavy atom. The second kappa shape index (κ2) is 8.30. The molecule has 2 aromatic heterocycles. The highest BCUT2D eigenvalue weighted by atomic mass is 35.5. The molecule has 2 heterocycles. The number of aromatic nitrogens is 2. The normalized spacial score (nSPS) is 11.0. The minimum absolute atomic E-state index is 0.00409. The van der Waals surface area contributed by atoms with Crippen molar-refractivity contribution in [3.63, 3.8) is 0 Å². The third-order valence-electron chi connectivity index (χ3n) is 4.79. The summed E-state index contributed by atoms with van der Waals surface area (Å²) in [4.78, 5) is 31.3. The summed E-state index contributed by atoms with van der Waals surface area (Å²) in [6, 6.07) is 14.1. The van der Waals surface area contributed by atoms with E-state index in [1.54, 1.807) is 30.6 Å². The summed E-state index contributed by atoms with van der Waals surface area (Å²) in [5.41, 5.74) is 4.18. The van der Waals surface area contributed by atoms with Crippen molar-refractivity contribution in [1.82, 2.24) is 9.97 Å². The van der Waals surface area contributed by atoms with Gasteiger partial charge in [0.25, 0.3) is 0 Å². The molecule has 4 rings (SSSR count). The monoisotopic (exact) mass is 438 g/mol. The lowest BCUT2D eigenvalue weighted by molar-refractivity contribution is -0.136. The van der Waals surface area contributed by atoms with Crippen LogP contribution in [0.1, 0.15) is 32.6 Å². The maximum Gasteiger partial charge on any atom is 0.307 e. The fourth-order valence-electron chi connectivity index (χ4n) is 3.34. The predicted molar refractivity (Wildman–Crippen MR) is 117 cm³/mol. The number of rotatable bonds is 6. The third kappa shape index (κ3) is 4.22. The van der Waals surface area contributed by atoms with Crippen LogP contribution < -0.4 is 0 Å². The van der Waals surface area contributed by atoms with Crippen LogP contribution in [0.2, 0.25) is 10.0 Å². The van der Waals surface area contributed by atoms with Crippen molar-refractivity contribution in [2.24, 2.45) is 0 Å². The molecule has 4 aromatic rings. The van der Waals surface area contributed by atoms with E-state index in [1.165, 1.54) is 0 Å². The Hall–Kier alpha value is -3.15. The minimum Gasteiger partial charge on any atom is -0.481 e. The maximum absolute atomic E-state index is 13.0. The lowest BCUT2D eigenvalue weighted by Gasteiger charge is -2.06. The first-order valence-electron chi connectivity index (χ1n) is 9.16.